The Labute approximate surface area is 116 Å². The lowest BCUT2D eigenvalue weighted by molar-refractivity contribution is 0.706. The average Bonchev–Trinajstić information content (AvgIpc) is 2.42. The van der Waals surface area contributed by atoms with E-state index in [4.69, 9.17) is 0 Å². The maximum absolute atomic E-state index is 3.54. The topological polar surface area (TPSA) is 12.0 Å². The maximum atomic E-state index is 3.54. The van der Waals surface area contributed by atoms with Gasteiger partial charge in [-0.15, -0.1) is 0 Å². The van der Waals surface area contributed by atoms with Crippen molar-refractivity contribution in [3.63, 3.8) is 0 Å². The smallest absolute Gasteiger partial charge is 0.0370 e. The van der Waals surface area contributed by atoms with Crippen LogP contribution in [0.25, 0.3) is 0 Å². The number of nitrogens with one attached hydrogen (secondary N) is 1. The number of rotatable bonds is 5. The maximum Gasteiger partial charge on any atom is 0.0370 e. The van der Waals surface area contributed by atoms with E-state index in [0.29, 0.717) is 5.92 Å². The second-order valence-corrected chi connectivity index (χ2v) is 5.35. The molecule has 0 spiro atoms. The summed E-state index contributed by atoms with van der Waals surface area (Å²) in [7, 11) is 0. The SMILES string of the molecule is Cc1ccc(NCCC(C)c2ccccc2)c(C)c1. The molecule has 1 nitrogen and oxygen atoms in total. The lowest BCUT2D eigenvalue weighted by Gasteiger charge is -2.14. The van der Waals surface area contributed by atoms with Crippen molar-refractivity contribution in [1.82, 2.24) is 0 Å². The second kappa shape index (κ2) is 6.42. The Balaban J connectivity index is 1.86. The molecule has 1 N–H and O–H groups in total. The van der Waals surface area contributed by atoms with E-state index in [9.17, 15) is 0 Å². The first kappa shape index (κ1) is 13.7. The first-order chi connectivity index (χ1) is 9.16. The molecule has 19 heavy (non-hydrogen) atoms. The summed E-state index contributed by atoms with van der Waals surface area (Å²) in [4.78, 5) is 0. The van der Waals surface area contributed by atoms with Crippen molar-refractivity contribution >= 4 is 5.69 Å². The molecule has 0 amide bonds. The molecule has 0 aliphatic heterocycles. The van der Waals surface area contributed by atoms with Gasteiger partial charge in [-0.05, 0) is 43.4 Å². The third-order valence-electron chi connectivity index (χ3n) is 3.64. The molecule has 100 valence electrons. The van der Waals surface area contributed by atoms with Gasteiger partial charge in [-0.1, -0.05) is 55.0 Å². The molecule has 0 radical (unpaired) electrons. The Morgan fingerprint density at radius 1 is 1.00 bits per heavy atom. The minimum Gasteiger partial charge on any atom is -0.385 e. The van der Waals surface area contributed by atoms with Crippen LogP contribution in [0.15, 0.2) is 48.5 Å². The lowest BCUT2D eigenvalue weighted by Crippen LogP contribution is -2.07. The summed E-state index contributed by atoms with van der Waals surface area (Å²) in [6, 6.07) is 17.3. The van der Waals surface area contributed by atoms with Crippen molar-refractivity contribution in [1.29, 1.82) is 0 Å². The predicted molar refractivity (Wildman–Crippen MR) is 83.9 cm³/mol. The van der Waals surface area contributed by atoms with Crippen LogP contribution >= 0.6 is 0 Å². The normalized spacial score (nSPS) is 12.2. The average molecular weight is 253 g/mol. The van der Waals surface area contributed by atoms with E-state index in [1.165, 1.54) is 22.4 Å². The number of hydrogen-bond acceptors (Lipinski definition) is 1. The van der Waals surface area contributed by atoms with Crippen LogP contribution in [0.3, 0.4) is 0 Å². The highest BCUT2D eigenvalue weighted by Gasteiger charge is 2.04. The summed E-state index contributed by atoms with van der Waals surface area (Å²) in [5, 5.41) is 3.54. The molecule has 0 saturated heterocycles. The number of aryl methyl sites for hydroxylation is 2. The van der Waals surface area contributed by atoms with Crippen molar-refractivity contribution in [3.8, 4) is 0 Å². The van der Waals surface area contributed by atoms with Gasteiger partial charge >= 0.3 is 0 Å². The first-order valence-corrected chi connectivity index (χ1v) is 7.03. The van der Waals surface area contributed by atoms with Crippen molar-refractivity contribution in [2.24, 2.45) is 0 Å². The zero-order valence-electron chi connectivity index (χ0n) is 12.1. The molecule has 2 aromatic rings. The zero-order chi connectivity index (χ0) is 13.7. The van der Waals surface area contributed by atoms with E-state index >= 15 is 0 Å². The third-order valence-corrected chi connectivity index (χ3v) is 3.64. The van der Waals surface area contributed by atoms with E-state index < -0.39 is 0 Å². The minimum absolute atomic E-state index is 0.597. The fourth-order valence-corrected chi connectivity index (χ4v) is 2.38. The molecule has 1 atom stereocenters. The summed E-state index contributed by atoms with van der Waals surface area (Å²) in [6.45, 7) is 7.60. The molecule has 0 bridgehead atoms. The standard InChI is InChI=1S/C18H23N/c1-14-9-10-18(16(3)13-14)19-12-11-15(2)17-7-5-4-6-8-17/h4-10,13,15,19H,11-12H2,1-3H3. The Hall–Kier alpha value is -1.76. The molecule has 0 aliphatic carbocycles. The third kappa shape index (κ3) is 3.85. The van der Waals surface area contributed by atoms with Crippen molar-refractivity contribution in [2.45, 2.75) is 33.1 Å². The molecule has 0 saturated carbocycles. The molecular weight excluding hydrogens is 230 g/mol. The highest BCUT2D eigenvalue weighted by Crippen LogP contribution is 2.20. The fourth-order valence-electron chi connectivity index (χ4n) is 2.38. The monoisotopic (exact) mass is 253 g/mol. The van der Waals surface area contributed by atoms with Gasteiger partial charge in [0.2, 0.25) is 0 Å². The molecule has 1 heteroatoms. The number of hydrogen-bond donors (Lipinski definition) is 1. The van der Waals surface area contributed by atoms with Crippen LogP contribution < -0.4 is 5.32 Å². The van der Waals surface area contributed by atoms with Gasteiger partial charge in [-0.25, -0.2) is 0 Å². The largest absolute Gasteiger partial charge is 0.385 e. The molecule has 2 aromatic carbocycles. The predicted octanol–water partition coefficient (Wildman–Crippen LogP) is 4.91. The Morgan fingerprint density at radius 2 is 1.74 bits per heavy atom. The Morgan fingerprint density at radius 3 is 2.42 bits per heavy atom. The van der Waals surface area contributed by atoms with Crippen LogP contribution in [0.1, 0.15) is 36.0 Å². The van der Waals surface area contributed by atoms with Crippen LogP contribution in [-0.2, 0) is 0 Å². The highest BCUT2D eigenvalue weighted by atomic mass is 14.9. The summed E-state index contributed by atoms with van der Waals surface area (Å²) in [5.41, 5.74) is 5.32. The molecule has 0 fully saturated rings. The molecule has 1 unspecified atom stereocenters. The van der Waals surface area contributed by atoms with Crippen LogP contribution in [0.5, 0.6) is 0 Å². The molecule has 0 heterocycles. The Kier molecular flexibility index (Phi) is 4.62. The zero-order valence-corrected chi connectivity index (χ0v) is 12.1. The van der Waals surface area contributed by atoms with E-state index in [1.54, 1.807) is 0 Å². The van der Waals surface area contributed by atoms with Gasteiger partial charge in [0, 0.05) is 12.2 Å². The van der Waals surface area contributed by atoms with Crippen molar-refractivity contribution in [2.75, 3.05) is 11.9 Å². The van der Waals surface area contributed by atoms with E-state index in [-0.39, 0.29) is 0 Å². The first-order valence-electron chi connectivity index (χ1n) is 7.03. The fraction of sp³-hybridized carbons (Fsp3) is 0.333. The van der Waals surface area contributed by atoms with E-state index in [1.807, 2.05) is 0 Å². The van der Waals surface area contributed by atoms with Gasteiger partial charge in [-0.2, -0.15) is 0 Å². The molecule has 0 aromatic heterocycles. The molecular formula is C18H23N. The van der Waals surface area contributed by atoms with Crippen molar-refractivity contribution in [3.05, 3.63) is 65.2 Å². The summed E-state index contributed by atoms with van der Waals surface area (Å²) in [6.07, 6.45) is 1.15. The van der Waals surface area contributed by atoms with E-state index in [0.717, 1.165) is 13.0 Å². The van der Waals surface area contributed by atoms with Crippen molar-refractivity contribution < 1.29 is 0 Å². The van der Waals surface area contributed by atoms with Crippen LogP contribution in [0, 0.1) is 13.8 Å². The van der Waals surface area contributed by atoms with Crippen LogP contribution in [-0.4, -0.2) is 6.54 Å². The lowest BCUT2D eigenvalue weighted by atomic mass is 9.98. The van der Waals surface area contributed by atoms with Crippen LogP contribution in [0.2, 0.25) is 0 Å². The number of anilines is 1. The van der Waals surface area contributed by atoms with Gasteiger partial charge in [0.1, 0.15) is 0 Å². The summed E-state index contributed by atoms with van der Waals surface area (Å²) < 4.78 is 0. The number of benzene rings is 2. The quantitative estimate of drug-likeness (QED) is 0.798. The molecule has 0 aliphatic rings. The van der Waals surface area contributed by atoms with E-state index in [2.05, 4.69) is 74.6 Å². The van der Waals surface area contributed by atoms with Gasteiger partial charge in [0.15, 0.2) is 0 Å². The molecule has 2 rings (SSSR count). The highest BCUT2D eigenvalue weighted by molar-refractivity contribution is 5.51. The minimum atomic E-state index is 0.597. The van der Waals surface area contributed by atoms with Gasteiger partial charge in [0.05, 0.1) is 0 Å². The van der Waals surface area contributed by atoms with Crippen LogP contribution in [0.4, 0.5) is 5.69 Å². The summed E-state index contributed by atoms with van der Waals surface area (Å²) >= 11 is 0. The Bertz CT molecular complexity index is 516. The van der Waals surface area contributed by atoms with Gasteiger partial charge in [-0.3, -0.25) is 0 Å². The summed E-state index contributed by atoms with van der Waals surface area (Å²) in [5.74, 6) is 0.597. The second-order valence-electron chi connectivity index (χ2n) is 5.35. The van der Waals surface area contributed by atoms with Gasteiger partial charge < -0.3 is 5.32 Å². The van der Waals surface area contributed by atoms with Gasteiger partial charge in [0.25, 0.3) is 0 Å².